The van der Waals surface area contributed by atoms with Crippen LogP contribution in [0.4, 0.5) is 5.82 Å². The number of aromatic nitrogens is 1. The van der Waals surface area contributed by atoms with Crippen LogP contribution >= 0.6 is 0 Å². The van der Waals surface area contributed by atoms with Crippen LogP contribution in [0.2, 0.25) is 0 Å². The summed E-state index contributed by atoms with van der Waals surface area (Å²) in [4.78, 5) is 16.3. The van der Waals surface area contributed by atoms with Crippen molar-refractivity contribution >= 4 is 21.6 Å². The van der Waals surface area contributed by atoms with E-state index in [9.17, 15) is 13.2 Å². The van der Waals surface area contributed by atoms with Gasteiger partial charge in [-0.25, -0.2) is 13.4 Å². The molecule has 1 N–H and O–H groups in total. The molecule has 0 fully saturated rings. The summed E-state index contributed by atoms with van der Waals surface area (Å²) < 4.78 is 22.7. The summed E-state index contributed by atoms with van der Waals surface area (Å²) in [5, 5.41) is 2.71. The Hall–Kier alpha value is -2.21. The van der Waals surface area contributed by atoms with Crippen molar-refractivity contribution < 1.29 is 13.2 Å². The van der Waals surface area contributed by atoms with E-state index in [0.717, 1.165) is 17.5 Å². The van der Waals surface area contributed by atoms with Gasteiger partial charge in [0, 0.05) is 11.9 Å². The van der Waals surface area contributed by atoms with Crippen LogP contribution in [0.15, 0.2) is 47.4 Å². The molecule has 0 atom stereocenters. The Labute approximate surface area is 124 Å². The van der Waals surface area contributed by atoms with Crippen molar-refractivity contribution in [2.24, 2.45) is 0 Å². The van der Waals surface area contributed by atoms with Crippen molar-refractivity contribution in [2.75, 3.05) is 11.6 Å². The topological polar surface area (TPSA) is 76.1 Å². The summed E-state index contributed by atoms with van der Waals surface area (Å²) in [7, 11) is -3.21. The zero-order chi connectivity index (χ0) is 15.5. The summed E-state index contributed by atoms with van der Waals surface area (Å²) in [6.45, 7) is 1.85. The van der Waals surface area contributed by atoms with Crippen LogP contribution in [0.3, 0.4) is 0 Å². The molecule has 0 spiro atoms. The number of pyridine rings is 1. The van der Waals surface area contributed by atoms with Gasteiger partial charge < -0.3 is 5.32 Å². The van der Waals surface area contributed by atoms with E-state index in [1.165, 1.54) is 12.1 Å². The third kappa shape index (κ3) is 4.39. The summed E-state index contributed by atoms with van der Waals surface area (Å²) in [6, 6.07) is 11.7. The molecule has 1 heterocycles. The molecule has 0 radical (unpaired) electrons. The van der Waals surface area contributed by atoms with Crippen molar-refractivity contribution in [3.05, 3.63) is 53.7 Å². The van der Waals surface area contributed by atoms with Crippen molar-refractivity contribution in [3.8, 4) is 0 Å². The Bertz CT molecular complexity index is 753. The summed E-state index contributed by atoms with van der Waals surface area (Å²) in [5.74, 6) is 0.313. The van der Waals surface area contributed by atoms with E-state index in [-0.39, 0.29) is 17.2 Å². The first-order chi connectivity index (χ1) is 9.84. The number of amides is 1. The highest BCUT2D eigenvalue weighted by Gasteiger charge is 2.08. The minimum atomic E-state index is -3.21. The molecule has 110 valence electrons. The number of hydrogen-bond acceptors (Lipinski definition) is 4. The van der Waals surface area contributed by atoms with Crippen LogP contribution in [0, 0.1) is 6.92 Å². The molecule has 0 aliphatic rings. The molecule has 0 bridgehead atoms. The molecule has 1 aromatic carbocycles. The standard InChI is InChI=1S/C15H16N2O3S/c1-11-4-3-5-14(16-11)17-15(18)10-12-6-8-13(9-7-12)21(2,19)20/h3-9H,10H2,1-2H3,(H,16,17,18). The second-order valence-corrected chi connectivity index (χ2v) is 6.82. The molecule has 2 rings (SSSR count). The van der Waals surface area contributed by atoms with Gasteiger partial charge in [-0.2, -0.15) is 0 Å². The number of aryl methyl sites for hydroxylation is 1. The first-order valence-electron chi connectivity index (χ1n) is 6.37. The zero-order valence-corrected chi connectivity index (χ0v) is 12.6. The number of carbonyl (C=O) groups excluding carboxylic acids is 1. The normalized spacial score (nSPS) is 11.1. The van der Waals surface area contributed by atoms with Crippen LogP contribution in [0.5, 0.6) is 0 Å². The van der Waals surface area contributed by atoms with E-state index in [0.29, 0.717) is 5.82 Å². The van der Waals surface area contributed by atoms with Gasteiger partial charge in [0.2, 0.25) is 5.91 Å². The molecule has 1 aromatic heterocycles. The molecule has 21 heavy (non-hydrogen) atoms. The fraction of sp³-hybridized carbons (Fsp3) is 0.200. The first-order valence-corrected chi connectivity index (χ1v) is 8.26. The largest absolute Gasteiger partial charge is 0.310 e. The zero-order valence-electron chi connectivity index (χ0n) is 11.8. The SMILES string of the molecule is Cc1cccc(NC(=O)Cc2ccc(S(C)(=O)=O)cc2)n1. The van der Waals surface area contributed by atoms with Crippen LogP contribution in [0.25, 0.3) is 0 Å². The lowest BCUT2D eigenvalue weighted by molar-refractivity contribution is -0.115. The molecule has 6 heteroatoms. The molecule has 0 saturated heterocycles. The Morgan fingerprint density at radius 1 is 1.14 bits per heavy atom. The van der Waals surface area contributed by atoms with Crippen LogP contribution in [-0.4, -0.2) is 25.6 Å². The lowest BCUT2D eigenvalue weighted by Crippen LogP contribution is -2.15. The molecule has 0 aliphatic carbocycles. The van der Waals surface area contributed by atoms with Gasteiger partial charge in [0.05, 0.1) is 11.3 Å². The number of rotatable bonds is 4. The van der Waals surface area contributed by atoms with E-state index in [1.54, 1.807) is 18.2 Å². The highest BCUT2D eigenvalue weighted by molar-refractivity contribution is 7.90. The van der Waals surface area contributed by atoms with Gasteiger partial charge in [0.15, 0.2) is 9.84 Å². The van der Waals surface area contributed by atoms with E-state index in [1.807, 2.05) is 19.1 Å². The van der Waals surface area contributed by atoms with Gasteiger partial charge in [0.1, 0.15) is 5.82 Å². The first kappa shape index (κ1) is 15.2. The molecule has 1 amide bonds. The minimum Gasteiger partial charge on any atom is -0.310 e. The maximum absolute atomic E-state index is 11.9. The van der Waals surface area contributed by atoms with E-state index in [4.69, 9.17) is 0 Å². The Kier molecular flexibility index (Phi) is 4.37. The number of nitrogens with zero attached hydrogens (tertiary/aromatic N) is 1. The highest BCUT2D eigenvalue weighted by Crippen LogP contribution is 2.11. The maximum Gasteiger partial charge on any atom is 0.229 e. The third-order valence-corrected chi connectivity index (χ3v) is 4.00. The minimum absolute atomic E-state index is 0.166. The summed E-state index contributed by atoms with van der Waals surface area (Å²) >= 11 is 0. The van der Waals surface area contributed by atoms with Crippen LogP contribution < -0.4 is 5.32 Å². The van der Waals surface area contributed by atoms with Crippen molar-refractivity contribution in [1.29, 1.82) is 0 Å². The van der Waals surface area contributed by atoms with Gasteiger partial charge in [0.25, 0.3) is 0 Å². The molecule has 5 nitrogen and oxygen atoms in total. The van der Waals surface area contributed by atoms with E-state index in [2.05, 4.69) is 10.3 Å². The number of anilines is 1. The maximum atomic E-state index is 11.9. The van der Waals surface area contributed by atoms with Gasteiger partial charge in [-0.3, -0.25) is 4.79 Å². The fourth-order valence-electron chi connectivity index (χ4n) is 1.84. The molecule has 0 unspecified atom stereocenters. The number of sulfone groups is 1. The Morgan fingerprint density at radius 2 is 1.81 bits per heavy atom. The number of nitrogens with one attached hydrogen (secondary N) is 1. The fourth-order valence-corrected chi connectivity index (χ4v) is 2.47. The molecule has 0 saturated carbocycles. The van der Waals surface area contributed by atoms with Crippen LogP contribution in [0.1, 0.15) is 11.3 Å². The highest BCUT2D eigenvalue weighted by atomic mass is 32.2. The second kappa shape index (κ2) is 6.05. The molecule has 0 aliphatic heterocycles. The van der Waals surface area contributed by atoms with Gasteiger partial charge in [-0.15, -0.1) is 0 Å². The van der Waals surface area contributed by atoms with Gasteiger partial charge in [-0.05, 0) is 36.8 Å². The lowest BCUT2D eigenvalue weighted by atomic mass is 10.1. The van der Waals surface area contributed by atoms with Gasteiger partial charge in [-0.1, -0.05) is 18.2 Å². The molecule has 2 aromatic rings. The lowest BCUT2D eigenvalue weighted by Gasteiger charge is -2.06. The predicted molar refractivity (Wildman–Crippen MR) is 80.9 cm³/mol. The Balaban J connectivity index is 2.03. The van der Waals surface area contributed by atoms with Crippen molar-refractivity contribution in [2.45, 2.75) is 18.2 Å². The van der Waals surface area contributed by atoms with Crippen molar-refractivity contribution in [1.82, 2.24) is 4.98 Å². The quantitative estimate of drug-likeness (QED) is 0.937. The van der Waals surface area contributed by atoms with Gasteiger partial charge >= 0.3 is 0 Å². The second-order valence-electron chi connectivity index (χ2n) is 4.81. The average molecular weight is 304 g/mol. The van der Waals surface area contributed by atoms with E-state index < -0.39 is 9.84 Å². The summed E-state index contributed by atoms with van der Waals surface area (Å²) in [5.41, 5.74) is 1.57. The Morgan fingerprint density at radius 3 is 2.38 bits per heavy atom. The monoisotopic (exact) mass is 304 g/mol. The molecular weight excluding hydrogens is 288 g/mol. The number of hydrogen-bond donors (Lipinski definition) is 1. The van der Waals surface area contributed by atoms with Crippen LogP contribution in [-0.2, 0) is 21.1 Å². The van der Waals surface area contributed by atoms with Crippen molar-refractivity contribution in [3.63, 3.8) is 0 Å². The molecular formula is C15H16N2O3S. The number of benzene rings is 1. The van der Waals surface area contributed by atoms with E-state index >= 15 is 0 Å². The third-order valence-electron chi connectivity index (χ3n) is 2.87. The summed E-state index contributed by atoms with van der Waals surface area (Å²) in [6.07, 6.45) is 1.32. The predicted octanol–water partition coefficient (Wildman–Crippen LogP) is 1.97. The number of carbonyl (C=O) groups is 1. The average Bonchev–Trinajstić information content (AvgIpc) is 2.38. The smallest absolute Gasteiger partial charge is 0.229 e.